The molecule has 0 bridgehead atoms. The van der Waals surface area contributed by atoms with Gasteiger partial charge in [0.25, 0.3) is 0 Å². The zero-order chi connectivity index (χ0) is 13.0. The fraction of sp³-hybridized carbons (Fsp3) is 0.538. The molecule has 0 heterocycles. The molecular formula is C13H19F3O. The van der Waals surface area contributed by atoms with Crippen molar-refractivity contribution in [3.63, 3.8) is 0 Å². The first kappa shape index (κ1) is 16.0. The van der Waals surface area contributed by atoms with Crippen LogP contribution in [-0.2, 0) is 4.74 Å². The summed E-state index contributed by atoms with van der Waals surface area (Å²) in [5.41, 5.74) is 0. The Morgan fingerprint density at radius 3 is 2.24 bits per heavy atom. The van der Waals surface area contributed by atoms with Gasteiger partial charge in [-0.1, -0.05) is 43.4 Å². The zero-order valence-electron chi connectivity index (χ0n) is 10.0. The first-order valence-electron chi connectivity index (χ1n) is 5.67. The van der Waals surface area contributed by atoms with Gasteiger partial charge in [0, 0.05) is 0 Å². The summed E-state index contributed by atoms with van der Waals surface area (Å²) in [7, 11) is 0. The monoisotopic (exact) mass is 248 g/mol. The normalized spacial score (nSPS) is 13.4. The van der Waals surface area contributed by atoms with E-state index in [0.717, 1.165) is 19.3 Å². The Balaban J connectivity index is 3.37. The van der Waals surface area contributed by atoms with Gasteiger partial charge in [-0.2, -0.15) is 13.2 Å². The quantitative estimate of drug-likeness (QED) is 0.351. The second-order valence-electron chi connectivity index (χ2n) is 3.44. The second kappa shape index (κ2) is 10.1. The van der Waals surface area contributed by atoms with Gasteiger partial charge in [-0.15, -0.1) is 0 Å². The van der Waals surface area contributed by atoms with Crippen molar-refractivity contribution in [2.75, 3.05) is 13.2 Å². The molecule has 0 aromatic rings. The Kier molecular flexibility index (Phi) is 9.53. The van der Waals surface area contributed by atoms with Crippen LogP contribution in [0.3, 0.4) is 0 Å². The molecule has 0 aromatic heterocycles. The fourth-order valence-corrected chi connectivity index (χ4v) is 1.01. The van der Waals surface area contributed by atoms with Crippen molar-refractivity contribution in [3.05, 3.63) is 36.5 Å². The molecule has 4 heteroatoms. The summed E-state index contributed by atoms with van der Waals surface area (Å²) in [5, 5.41) is 0. The summed E-state index contributed by atoms with van der Waals surface area (Å²) in [4.78, 5) is 0. The molecule has 0 radical (unpaired) electrons. The molecule has 0 aromatic carbocycles. The molecule has 1 nitrogen and oxygen atoms in total. The Hall–Kier alpha value is -1.03. The average molecular weight is 248 g/mol. The van der Waals surface area contributed by atoms with Crippen LogP contribution < -0.4 is 0 Å². The molecule has 0 saturated carbocycles. The van der Waals surface area contributed by atoms with Gasteiger partial charge in [-0.25, -0.2) is 0 Å². The molecule has 0 atom stereocenters. The average Bonchev–Trinajstić information content (AvgIpc) is 2.24. The summed E-state index contributed by atoms with van der Waals surface area (Å²) < 4.78 is 39.4. The maximum absolute atomic E-state index is 11.7. The van der Waals surface area contributed by atoms with Crippen LogP contribution in [0.15, 0.2) is 36.5 Å². The van der Waals surface area contributed by atoms with Crippen LogP contribution in [0.2, 0.25) is 0 Å². The third kappa shape index (κ3) is 15.0. The number of hydrogen-bond acceptors (Lipinski definition) is 1. The summed E-state index contributed by atoms with van der Waals surface area (Å²) in [6.45, 7) is 0.895. The first-order valence-corrected chi connectivity index (χ1v) is 5.67. The lowest BCUT2D eigenvalue weighted by atomic mass is 10.2. The smallest absolute Gasteiger partial charge is 0.368 e. The molecule has 98 valence electrons. The van der Waals surface area contributed by atoms with Crippen LogP contribution >= 0.6 is 0 Å². The molecular weight excluding hydrogens is 229 g/mol. The molecule has 0 unspecified atom stereocenters. The van der Waals surface area contributed by atoms with Crippen LogP contribution in [0.1, 0.15) is 26.2 Å². The van der Waals surface area contributed by atoms with E-state index in [9.17, 15) is 13.2 Å². The van der Waals surface area contributed by atoms with Crippen LogP contribution in [0.5, 0.6) is 0 Å². The highest BCUT2D eigenvalue weighted by atomic mass is 19.4. The number of ether oxygens (including phenoxy) is 1. The van der Waals surface area contributed by atoms with Gasteiger partial charge < -0.3 is 4.74 Å². The predicted octanol–water partition coefficient (Wildman–Crippen LogP) is 4.42. The van der Waals surface area contributed by atoms with E-state index >= 15 is 0 Å². The van der Waals surface area contributed by atoms with Crippen molar-refractivity contribution in [2.45, 2.75) is 32.4 Å². The highest BCUT2D eigenvalue weighted by Gasteiger charge is 2.26. The molecule has 0 aliphatic heterocycles. The SMILES string of the molecule is CCC=CC=CCCC=CCOCC(F)(F)F. The molecule has 17 heavy (non-hydrogen) atoms. The molecule has 0 rings (SSSR count). The molecule has 0 N–H and O–H groups in total. The lowest BCUT2D eigenvalue weighted by Crippen LogP contribution is -2.16. The van der Waals surface area contributed by atoms with E-state index < -0.39 is 12.8 Å². The molecule has 0 aliphatic rings. The number of halogens is 3. The highest BCUT2D eigenvalue weighted by Crippen LogP contribution is 2.14. The Labute approximate surface area is 101 Å². The van der Waals surface area contributed by atoms with Crippen molar-refractivity contribution in [2.24, 2.45) is 0 Å². The minimum atomic E-state index is -4.23. The maximum Gasteiger partial charge on any atom is 0.411 e. The van der Waals surface area contributed by atoms with E-state index in [2.05, 4.69) is 17.7 Å². The van der Waals surface area contributed by atoms with Gasteiger partial charge >= 0.3 is 6.18 Å². The van der Waals surface area contributed by atoms with Gasteiger partial charge in [0.05, 0.1) is 6.61 Å². The van der Waals surface area contributed by atoms with E-state index in [1.165, 1.54) is 0 Å². The van der Waals surface area contributed by atoms with Crippen molar-refractivity contribution in [1.29, 1.82) is 0 Å². The van der Waals surface area contributed by atoms with E-state index in [-0.39, 0.29) is 6.61 Å². The maximum atomic E-state index is 11.7. The van der Waals surface area contributed by atoms with E-state index in [1.807, 2.05) is 24.3 Å². The fourth-order valence-electron chi connectivity index (χ4n) is 1.01. The topological polar surface area (TPSA) is 9.23 Å². The molecule has 0 aliphatic carbocycles. The minimum Gasteiger partial charge on any atom is -0.368 e. The van der Waals surface area contributed by atoms with Crippen LogP contribution in [0.25, 0.3) is 0 Å². The Morgan fingerprint density at radius 2 is 1.59 bits per heavy atom. The summed E-state index contributed by atoms with van der Waals surface area (Å²) in [6, 6.07) is 0. The summed E-state index contributed by atoms with van der Waals surface area (Å²) >= 11 is 0. The van der Waals surface area contributed by atoms with E-state index in [4.69, 9.17) is 0 Å². The van der Waals surface area contributed by atoms with Crippen molar-refractivity contribution in [1.82, 2.24) is 0 Å². The van der Waals surface area contributed by atoms with Crippen LogP contribution in [0.4, 0.5) is 13.2 Å². The molecule has 0 spiro atoms. The van der Waals surface area contributed by atoms with Gasteiger partial charge in [0.1, 0.15) is 6.61 Å². The van der Waals surface area contributed by atoms with Crippen molar-refractivity contribution < 1.29 is 17.9 Å². The number of hydrogen-bond donors (Lipinski definition) is 0. The molecule has 0 amide bonds. The number of rotatable bonds is 8. The lowest BCUT2D eigenvalue weighted by molar-refractivity contribution is -0.171. The number of allylic oxidation sites excluding steroid dienone is 5. The third-order valence-electron chi connectivity index (χ3n) is 1.77. The summed E-state index contributed by atoms with van der Waals surface area (Å²) in [6.07, 6.45) is 9.93. The van der Waals surface area contributed by atoms with Gasteiger partial charge in [-0.3, -0.25) is 0 Å². The third-order valence-corrected chi connectivity index (χ3v) is 1.77. The van der Waals surface area contributed by atoms with Crippen LogP contribution in [0, 0.1) is 0 Å². The standard InChI is InChI=1S/C13H19F3O/c1-2-3-4-5-6-7-8-9-10-11-17-12-13(14,15)16/h3-6,9-10H,2,7-8,11-12H2,1H3. The second-order valence-corrected chi connectivity index (χ2v) is 3.44. The zero-order valence-corrected chi connectivity index (χ0v) is 10.0. The van der Waals surface area contributed by atoms with Gasteiger partial charge in [0.2, 0.25) is 0 Å². The summed E-state index contributed by atoms with van der Waals surface area (Å²) in [5.74, 6) is 0. The van der Waals surface area contributed by atoms with E-state index in [1.54, 1.807) is 6.08 Å². The first-order chi connectivity index (χ1) is 8.06. The molecule has 0 saturated heterocycles. The van der Waals surface area contributed by atoms with Crippen molar-refractivity contribution >= 4 is 0 Å². The predicted molar refractivity (Wildman–Crippen MR) is 63.8 cm³/mol. The Bertz CT molecular complexity index is 252. The highest BCUT2D eigenvalue weighted by molar-refractivity contribution is 5.02. The minimum absolute atomic E-state index is 0.0129. The largest absolute Gasteiger partial charge is 0.411 e. The lowest BCUT2D eigenvalue weighted by Gasteiger charge is -2.04. The van der Waals surface area contributed by atoms with Gasteiger partial charge in [0.15, 0.2) is 0 Å². The van der Waals surface area contributed by atoms with E-state index in [0.29, 0.717) is 0 Å². The number of unbranched alkanes of at least 4 members (excludes halogenated alkanes) is 1. The van der Waals surface area contributed by atoms with Crippen molar-refractivity contribution in [3.8, 4) is 0 Å². The van der Waals surface area contributed by atoms with Gasteiger partial charge in [-0.05, 0) is 19.3 Å². The Morgan fingerprint density at radius 1 is 0.941 bits per heavy atom. The van der Waals surface area contributed by atoms with Crippen LogP contribution in [-0.4, -0.2) is 19.4 Å². The number of alkyl halides is 3. The molecule has 0 fully saturated rings.